The van der Waals surface area contributed by atoms with Crippen molar-refractivity contribution in [3.8, 4) is 5.75 Å². The van der Waals surface area contributed by atoms with Gasteiger partial charge in [-0.2, -0.15) is 0 Å². The largest absolute Gasteiger partial charge is 0.497 e. The molecule has 5 nitrogen and oxygen atoms in total. The smallest absolute Gasteiger partial charge is 0.282 e. The lowest BCUT2D eigenvalue weighted by atomic mass is 9.99. The zero-order valence-electron chi connectivity index (χ0n) is 17.1. The molecule has 4 rings (SSSR count). The lowest BCUT2D eigenvalue weighted by Crippen LogP contribution is -2.32. The number of para-hydroxylation sites is 1. The Balaban J connectivity index is 1.82. The van der Waals surface area contributed by atoms with Crippen molar-refractivity contribution in [1.29, 1.82) is 0 Å². The van der Waals surface area contributed by atoms with Crippen LogP contribution in [0.2, 0.25) is 0 Å². The minimum absolute atomic E-state index is 0.269. The second-order valence-electron chi connectivity index (χ2n) is 7.18. The topological polar surface area (TPSA) is 58.6 Å². The number of carbonyl (C=O) groups is 2. The molecule has 0 spiro atoms. The van der Waals surface area contributed by atoms with E-state index in [0.29, 0.717) is 22.6 Å². The average Bonchev–Trinajstić information content (AvgIpc) is 3.00. The maximum atomic E-state index is 13.4. The average molecular weight is 398 g/mol. The number of carbonyl (C=O) groups excluding carboxylic acids is 2. The van der Waals surface area contributed by atoms with Crippen molar-refractivity contribution in [3.05, 3.63) is 95.2 Å². The van der Waals surface area contributed by atoms with E-state index in [1.54, 1.807) is 31.4 Å². The van der Waals surface area contributed by atoms with E-state index in [2.05, 4.69) is 5.32 Å². The molecule has 3 aromatic rings. The Morgan fingerprint density at radius 2 is 1.50 bits per heavy atom. The molecule has 0 saturated carbocycles. The molecule has 1 aliphatic heterocycles. The van der Waals surface area contributed by atoms with Gasteiger partial charge in [0.15, 0.2) is 0 Å². The fourth-order valence-corrected chi connectivity index (χ4v) is 3.44. The Labute approximate surface area is 175 Å². The zero-order valence-corrected chi connectivity index (χ0v) is 17.1. The number of methoxy groups -OCH3 is 1. The first-order chi connectivity index (χ1) is 14.5. The number of rotatable bonds is 5. The van der Waals surface area contributed by atoms with Crippen molar-refractivity contribution < 1.29 is 14.3 Å². The molecule has 2 amide bonds. The van der Waals surface area contributed by atoms with E-state index in [0.717, 1.165) is 16.8 Å². The molecule has 0 aromatic heterocycles. The molecule has 3 aromatic carbocycles. The van der Waals surface area contributed by atoms with Gasteiger partial charge in [-0.25, -0.2) is 4.90 Å². The van der Waals surface area contributed by atoms with Gasteiger partial charge in [0, 0.05) is 5.69 Å². The second-order valence-corrected chi connectivity index (χ2v) is 7.18. The van der Waals surface area contributed by atoms with Gasteiger partial charge in [0.25, 0.3) is 11.8 Å². The molecule has 0 fully saturated rings. The van der Waals surface area contributed by atoms with Gasteiger partial charge in [0.2, 0.25) is 0 Å². The highest BCUT2D eigenvalue weighted by atomic mass is 16.5. The molecule has 30 heavy (non-hydrogen) atoms. The van der Waals surface area contributed by atoms with Gasteiger partial charge >= 0.3 is 0 Å². The highest BCUT2D eigenvalue weighted by Crippen LogP contribution is 2.34. The van der Waals surface area contributed by atoms with Crippen molar-refractivity contribution in [3.63, 3.8) is 0 Å². The zero-order chi connectivity index (χ0) is 21.3. The normalized spacial score (nSPS) is 13.8. The van der Waals surface area contributed by atoms with Crippen molar-refractivity contribution in [2.24, 2.45) is 0 Å². The monoisotopic (exact) mass is 398 g/mol. The molecule has 150 valence electrons. The lowest BCUT2D eigenvalue weighted by molar-refractivity contribution is -0.120. The molecular formula is C25H22N2O3. The van der Waals surface area contributed by atoms with Crippen LogP contribution in [0.1, 0.15) is 16.7 Å². The van der Waals surface area contributed by atoms with E-state index in [1.165, 1.54) is 4.90 Å². The van der Waals surface area contributed by atoms with Crippen molar-refractivity contribution in [2.45, 2.75) is 13.8 Å². The number of hydrogen-bond acceptors (Lipinski definition) is 4. The molecule has 1 aliphatic rings. The molecule has 5 heteroatoms. The summed E-state index contributed by atoms with van der Waals surface area (Å²) in [6.07, 6.45) is 0. The quantitative estimate of drug-likeness (QED) is 0.633. The number of hydrogen-bond donors (Lipinski definition) is 1. The van der Waals surface area contributed by atoms with Crippen molar-refractivity contribution >= 4 is 28.8 Å². The number of aryl methyl sites for hydroxylation is 2. The first-order valence-corrected chi connectivity index (χ1v) is 9.66. The van der Waals surface area contributed by atoms with Gasteiger partial charge in [0.1, 0.15) is 11.4 Å². The van der Waals surface area contributed by atoms with Crippen LogP contribution in [-0.2, 0) is 9.59 Å². The Kier molecular flexibility index (Phi) is 5.11. The van der Waals surface area contributed by atoms with Crippen LogP contribution in [0.15, 0.2) is 78.5 Å². The summed E-state index contributed by atoms with van der Waals surface area (Å²) in [5, 5.41) is 3.17. The van der Waals surface area contributed by atoms with Crippen LogP contribution in [0.25, 0.3) is 5.57 Å². The van der Waals surface area contributed by atoms with Gasteiger partial charge in [-0.3, -0.25) is 9.59 Å². The summed E-state index contributed by atoms with van der Waals surface area (Å²) in [5.41, 5.74) is 4.77. The summed E-state index contributed by atoms with van der Waals surface area (Å²) in [4.78, 5) is 28.0. The maximum Gasteiger partial charge on any atom is 0.282 e. The minimum atomic E-state index is -0.387. The third kappa shape index (κ3) is 3.46. The Bertz CT molecular complexity index is 1150. The van der Waals surface area contributed by atoms with Crippen molar-refractivity contribution in [1.82, 2.24) is 0 Å². The van der Waals surface area contributed by atoms with Gasteiger partial charge in [-0.1, -0.05) is 36.4 Å². The molecule has 1 heterocycles. The predicted molar refractivity (Wildman–Crippen MR) is 118 cm³/mol. The molecule has 1 N–H and O–H groups in total. The van der Waals surface area contributed by atoms with Crippen LogP contribution >= 0.6 is 0 Å². The number of imide groups is 1. The molecule has 0 radical (unpaired) electrons. The van der Waals surface area contributed by atoms with Crippen LogP contribution in [0.4, 0.5) is 11.4 Å². The van der Waals surface area contributed by atoms with E-state index < -0.39 is 0 Å². The van der Waals surface area contributed by atoms with Crippen molar-refractivity contribution in [2.75, 3.05) is 17.3 Å². The number of nitrogens with one attached hydrogen (secondary N) is 1. The fourth-order valence-electron chi connectivity index (χ4n) is 3.44. The summed E-state index contributed by atoms with van der Waals surface area (Å²) in [7, 11) is 1.57. The third-order valence-corrected chi connectivity index (χ3v) is 5.25. The predicted octanol–water partition coefficient (Wildman–Crippen LogP) is 4.71. The number of benzene rings is 3. The van der Waals surface area contributed by atoms with E-state index in [-0.39, 0.29) is 17.5 Å². The van der Waals surface area contributed by atoms with Gasteiger partial charge < -0.3 is 10.1 Å². The number of amides is 2. The Morgan fingerprint density at radius 1 is 0.800 bits per heavy atom. The Hall–Kier alpha value is -3.86. The van der Waals surface area contributed by atoms with E-state index in [9.17, 15) is 9.59 Å². The van der Waals surface area contributed by atoms with Gasteiger partial charge in [0.05, 0.1) is 18.4 Å². The highest BCUT2D eigenvalue weighted by molar-refractivity contribution is 6.46. The standard InChI is InChI=1S/C25H22N2O3/c1-16-9-10-18(15-17(16)2)22-23(26-19-7-5-4-6-8-19)25(29)27(24(22)28)20-11-13-21(30-3)14-12-20/h4-15,26H,1-3H3. The van der Waals surface area contributed by atoms with Gasteiger partial charge in [-0.05, 0) is 66.9 Å². The fraction of sp³-hybridized carbons (Fsp3) is 0.120. The first-order valence-electron chi connectivity index (χ1n) is 9.66. The third-order valence-electron chi connectivity index (χ3n) is 5.25. The molecule has 0 atom stereocenters. The summed E-state index contributed by atoms with van der Waals surface area (Å²) in [5.74, 6) is -0.0862. The van der Waals surface area contributed by atoms with Crippen LogP contribution in [-0.4, -0.2) is 18.9 Å². The lowest BCUT2D eigenvalue weighted by Gasteiger charge is -2.16. The first kappa shape index (κ1) is 19.5. The molecular weight excluding hydrogens is 376 g/mol. The summed E-state index contributed by atoms with van der Waals surface area (Å²) in [6.45, 7) is 4.01. The second kappa shape index (κ2) is 7.87. The maximum absolute atomic E-state index is 13.4. The van der Waals surface area contributed by atoms with E-state index in [1.807, 2.05) is 62.4 Å². The van der Waals surface area contributed by atoms with E-state index >= 15 is 0 Å². The summed E-state index contributed by atoms with van der Waals surface area (Å²) < 4.78 is 5.19. The summed E-state index contributed by atoms with van der Waals surface area (Å²) in [6, 6.07) is 22.0. The summed E-state index contributed by atoms with van der Waals surface area (Å²) >= 11 is 0. The van der Waals surface area contributed by atoms with E-state index in [4.69, 9.17) is 4.74 Å². The van der Waals surface area contributed by atoms with Crippen LogP contribution < -0.4 is 15.0 Å². The highest BCUT2D eigenvalue weighted by Gasteiger charge is 2.40. The number of nitrogens with zero attached hydrogens (tertiary/aromatic N) is 1. The molecule has 0 bridgehead atoms. The van der Waals surface area contributed by atoms with Gasteiger partial charge in [-0.15, -0.1) is 0 Å². The van der Waals surface area contributed by atoms with Crippen LogP contribution in [0.5, 0.6) is 5.75 Å². The number of ether oxygens (including phenoxy) is 1. The SMILES string of the molecule is COc1ccc(N2C(=O)C(Nc3ccccc3)=C(c3ccc(C)c(C)c3)C2=O)cc1. The van der Waals surface area contributed by atoms with Crippen LogP contribution in [0.3, 0.4) is 0 Å². The molecule has 0 unspecified atom stereocenters. The molecule has 0 aliphatic carbocycles. The number of anilines is 2. The van der Waals surface area contributed by atoms with Crippen LogP contribution in [0, 0.1) is 13.8 Å². The Morgan fingerprint density at radius 3 is 2.13 bits per heavy atom. The minimum Gasteiger partial charge on any atom is -0.497 e. The molecule has 0 saturated heterocycles.